The first-order chi connectivity index (χ1) is 11.6. The minimum absolute atomic E-state index is 0.0907. The van der Waals surface area contributed by atoms with E-state index in [0.717, 1.165) is 28.3 Å². The SMILES string of the molecule is COc1ccc(C(=O)NCCc2nc3cccnc3n2C)c(C)c1. The number of hydrogen-bond acceptors (Lipinski definition) is 4. The molecule has 1 aromatic carbocycles. The number of carbonyl (C=O) groups excluding carboxylic acids is 1. The quantitative estimate of drug-likeness (QED) is 0.781. The molecule has 24 heavy (non-hydrogen) atoms. The fraction of sp³-hybridized carbons (Fsp3) is 0.278. The van der Waals surface area contributed by atoms with Crippen LogP contribution < -0.4 is 10.1 Å². The van der Waals surface area contributed by atoms with Crippen molar-refractivity contribution in [3.63, 3.8) is 0 Å². The second-order valence-electron chi connectivity index (χ2n) is 5.62. The molecule has 6 nitrogen and oxygen atoms in total. The monoisotopic (exact) mass is 324 g/mol. The van der Waals surface area contributed by atoms with Crippen LogP contribution in [-0.4, -0.2) is 34.1 Å². The van der Waals surface area contributed by atoms with Crippen molar-refractivity contribution in [2.24, 2.45) is 7.05 Å². The first kappa shape index (κ1) is 16.0. The van der Waals surface area contributed by atoms with Gasteiger partial charge in [0.05, 0.1) is 7.11 Å². The number of nitrogens with zero attached hydrogens (tertiary/aromatic N) is 3. The Balaban J connectivity index is 1.65. The van der Waals surface area contributed by atoms with Gasteiger partial charge in [-0.15, -0.1) is 0 Å². The van der Waals surface area contributed by atoms with Gasteiger partial charge in [0.1, 0.15) is 17.1 Å². The highest BCUT2D eigenvalue weighted by atomic mass is 16.5. The Kier molecular flexibility index (Phi) is 4.46. The van der Waals surface area contributed by atoms with Crippen LogP contribution in [0.3, 0.4) is 0 Å². The molecule has 0 aliphatic rings. The van der Waals surface area contributed by atoms with Crippen molar-refractivity contribution >= 4 is 17.1 Å². The van der Waals surface area contributed by atoms with Gasteiger partial charge in [-0.25, -0.2) is 9.97 Å². The molecule has 0 fully saturated rings. The van der Waals surface area contributed by atoms with Gasteiger partial charge in [-0.3, -0.25) is 4.79 Å². The lowest BCUT2D eigenvalue weighted by atomic mass is 10.1. The first-order valence-electron chi connectivity index (χ1n) is 7.79. The number of rotatable bonds is 5. The summed E-state index contributed by atoms with van der Waals surface area (Å²) in [6, 6.07) is 9.23. The second kappa shape index (κ2) is 6.70. The number of aryl methyl sites for hydroxylation is 2. The molecule has 0 aliphatic heterocycles. The lowest BCUT2D eigenvalue weighted by molar-refractivity contribution is 0.0953. The third-order valence-corrected chi connectivity index (χ3v) is 4.03. The van der Waals surface area contributed by atoms with Crippen molar-refractivity contribution in [1.29, 1.82) is 0 Å². The van der Waals surface area contributed by atoms with Crippen LogP contribution in [0, 0.1) is 6.92 Å². The van der Waals surface area contributed by atoms with E-state index in [1.807, 2.05) is 36.7 Å². The maximum atomic E-state index is 12.3. The van der Waals surface area contributed by atoms with Crippen molar-refractivity contribution in [2.45, 2.75) is 13.3 Å². The van der Waals surface area contributed by atoms with Gasteiger partial charge in [0.2, 0.25) is 0 Å². The topological polar surface area (TPSA) is 69.0 Å². The number of imidazole rings is 1. The van der Waals surface area contributed by atoms with Gasteiger partial charge in [-0.2, -0.15) is 0 Å². The number of ether oxygens (including phenoxy) is 1. The molecule has 0 bridgehead atoms. The molecule has 124 valence electrons. The lowest BCUT2D eigenvalue weighted by Crippen LogP contribution is -2.27. The van der Waals surface area contributed by atoms with Gasteiger partial charge in [-0.1, -0.05) is 0 Å². The van der Waals surface area contributed by atoms with E-state index in [0.29, 0.717) is 18.5 Å². The summed E-state index contributed by atoms with van der Waals surface area (Å²) in [5.74, 6) is 1.55. The summed E-state index contributed by atoms with van der Waals surface area (Å²) in [5, 5.41) is 2.94. The van der Waals surface area contributed by atoms with Crippen LogP contribution in [0.2, 0.25) is 0 Å². The van der Waals surface area contributed by atoms with E-state index in [1.165, 1.54) is 0 Å². The summed E-state index contributed by atoms with van der Waals surface area (Å²) in [7, 11) is 3.55. The highest BCUT2D eigenvalue weighted by Crippen LogP contribution is 2.17. The van der Waals surface area contributed by atoms with Gasteiger partial charge in [0, 0.05) is 31.8 Å². The minimum atomic E-state index is -0.0907. The van der Waals surface area contributed by atoms with Crippen LogP contribution in [0.5, 0.6) is 5.75 Å². The number of amides is 1. The molecule has 6 heteroatoms. The molecule has 0 saturated carbocycles. The highest BCUT2D eigenvalue weighted by Gasteiger charge is 2.11. The average Bonchev–Trinajstić information content (AvgIpc) is 2.91. The number of nitrogens with one attached hydrogen (secondary N) is 1. The molecule has 3 rings (SSSR count). The molecule has 0 spiro atoms. The summed E-state index contributed by atoms with van der Waals surface area (Å²) in [6.45, 7) is 2.41. The Morgan fingerprint density at radius 2 is 2.17 bits per heavy atom. The number of carbonyl (C=O) groups is 1. The van der Waals surface area contributed by atoms with E-state index < -0.39 is 0 Å². The molecule has 0 aliphatic carbocycles. The molecule has 3 aromatic rings. The Hall–Kier alpha value is -2.89. The van der Waals surface area contributed by atoms with Crippen molar-refractivity contribution < 1.29 is 9.53 Å². The highest BCUT2D eigenvalue weighted by molar-refractivity contribution is 5.95. The number of pyridine rings is 1. The van der Waals surface area contributed by atoms with Crippen molar-refractivity contribution in [1.82, 2.24) is 19.9 Å². The Morgan fingerprint density at radius 1 is 1.33 bits per heavy atom. The molecule has 0 atom stereocenters. The summed E-state index contributed by atoms with van der Waals surface area (Å²) in [6.07, 6.45) is 2.40. The number of fused-ring (bicyclic) bond motifs is 1. The van der Waals surface area contributed by atoms with Crippen LogP contribution in [0.1, 0.15) is 21.7 Å². The third kappa shape index (κ3) is 3.08. The molecule has 2 aromatic heterocycles. The van der Waals surface area contributed by atoms with Crippen LogP contribution >= 0.6 is 0 Å². The van der Waals surface area contributed by atoms with E-state index in [9.17, 15) is 4.79 Å². The predicted molar refractivity (Wildman–Crippen MR) is 92.3 cm³/mol. The van der Waals surface area contributed by atoms with E-state index in [2.05, 4.69) is 15.3 Å². The van der Waals surface area contributed by atoms with E-state index in [-0.39, 0.29) is 5.91 Å². The van der Waals surface area contributed by atoms with Crippen molar-refractivity contribution in [3.05, 3.63) is 53.5 Å². The maximum absolute atomic E-state index is 12.3. The maximum Gasteiger partial charge on any atom is 0.251 e. The molecule has 0 saturated heterocycles. The third-order valence-electron chi connectivity index (χ3n) is 4.03. The smallest absolute Gasteiger partial charge is 0.251 e. The zero-order valence-electron chi connectivity index (χ0n) is 14.0. The summed E-state index contributed by atoms with van der Waals surface area (Å²) < 4.78 is 7.12. The average molecular weight is 324 g/mol. The Morgan fingerprint density at radius 3 is 2.88 bits per heavy atom. The van der Waals surface area contributed by atoms with E-state index in [4.69, 9.17) is 4.74 Å². The standard InChI is InChI=1S/C18H20N4O2/c1-12-11-13(24-3)6-7-14(12)18(23)20-10-8-16-21-15-5-4-9-19-17(15)22(16)2/h4-7,9,11H,8,10H2,1-3H3,(H,20,23). The molecule has 2 heterocycles. The predicted octanol–water partition coefficient (Wildman–Crippen LogP) is 2.26. The lowest BCUT2D eigenvalue weighted by Gasteiger charge is -2.09. The number of benzene rings is 1. The molecule has 1 N–H and O–H groups in total. The van der Waals surface area contributed by atoms with E-state index >= 15 is 0 Å². The minimum Gasteiger partial charge on any atom is -0.497 e. The number of hydrogen-bond donors (Lipinski definition) is 1. The van der Waals surface area contributed by atoms with Crippen LogP contribution in [0.15, 0.2) is 36.5 Å². The molecule has 0 radical (unpaired) electrons. The van der Waals surface area contributed by atoms with Crippen LogP contribution in [0.4, 0.5) is 0 Å². The summed E-state index contributed by atoms with van der Waals surface area (Å²) >= 11 is 0. The molecule has 1 amide bonds. The summed E-state index contributed by atoms with van der Waals surface area (Å²) in [4.78, 5) is 21.2. The van der Waals surface area contributed by atoms with Gasteiger partial charge in [0.25, 0.3) is 5.91 Å². The first-order valence-corrected chi connectivity index (χ1v) is 7.79. The number of aromatic nitrogens is 3. The van der Waals surface area contributed by atoms with Gasteiger partial charge in [-0.05, 0) is 42.8 Å². The second-order valence-corrected chi connectivity index (χ2v) is 5.62. The largest absolute Gasteiger partial charge is 0.497 e. The molecular formula is C18H20N4O2. The van der Waals surface area contributed by atoms with Crippen LogP contribution in [0.25, 0.3) is 11.2 Å². The molecular weight excluding hydrogens is 304 g/mol. The zero-order valence-corrected chi connectivity index (χ0v) is 14.0. The zero-order chi connectivity index (χ0) is 17.1. The van der Waals surface area contributed by atoms with Gasteiger partial charge < -0.3 is 14.6 Å². The van der Waals surface area contributed by atoms with Gasteiger partial charge >= 0.3 is 0 Å². The fourth-order valence-corrected chi connectivity index (χ4v) is 2.70. The Labute approximate surface area is 140 Å². The van der Waals surface area contributed by atoms with Crippen molar-refractivity contribution in [2.75, 3.05) is 13.7 Å². The van der Waals surface area contributed by atoms with Gasteiger partial charge in [0.15, 0.2) is 5.65 Å². The molecule has 0 unspecified atom stereocenters. The van der Waals surface area contributed by atoms with Crippen molar-refractivity contribution in [3.8, 4) is 5.75 Å². The van der Waals surface area contributed by atoms with Crippen LogP contribution in [-0.2, 0) is 13.5 Å². The Bertz CT molecular complexity index is 886. The summed E-state index contributed by atoms with van der Waals surface area (Å²) in [5.41, 5.74) is 3.26. The fourth-order valence-electron chi connectivity index (χ4n) is 2.70. The van der Waals surface area contributed by atoms with E-state index in [1.54, 1.807) is 25.4 Å². The normalized spacial score (nSPS) is 10.8. The number of methoxy groups -OCH3 is 1.